The van der Waals surface area contributed by atoms with E-state index in [1.807, 2.05) is 12.1 Å². The first-order valence-electron chi connectivity index (χ1n) is 10.6. The van der Waals surface area contributed by atoms with Crippen molar-refractivity contribution in [2.45, 2.75) is 45.4 Å². The van der Waals surface area contributed by atoms with E-state index in [4.69, 9.17) is 9.47 Å². The number of amides is 2. The largest absolute Gasteiger partial charge is 0.497 e. The Morgan fingerprint density at radius 2 is 2.03 bits per heavy atom. The lowest BCUT2D eigenvalue weighted by molar-refractivity contribution is -0.132. The fraction of sp³-hybridized carbons (Fsp3) is 0.565. The molecule has 1 aromatic carbocycles. The average Bonchev–Trinajstić information content (AvgIpc) is 2.77. The topological polar surface area (TPSA) is 67.9 Å². The van der Waals surface area contributed by atoms with Gasteiger partial charge in [-0.2, -0.15) is 0 Å². The summed E-state index contributed by atoms with van der Waals surface area (Å²) in [4.78, 5) is 26.8. The summed E-state index contributed by atoms with van der Waals surface area (Å²) in [7, 11) is 3.19. The zero-order valence-corrected chi connectivity index (χ0v) is 17.9. The Kier molecular flexibility index (Phi) is 9.54. The normalized spacial score (nSPS) is 16.7. The lowest BCUT2D eigenvalue weighted by atomic mass is 9.97. The summed E-state index contributed by atoms with van der Waals surface area (Å²) in [5, 5.41) is 3.03. The van der Waals surface area contributed by atoms with E-state index >= 15 is 0 Å². The fourth-order valence-corrected chi connectivity index (χ4v) is 3.52. The highest BCUT2D eigenvalue weighted by atomic mass is 16.5. The maximum Gasteiger partial charge on any atom is 0.246 e. The Balaban J connectivity index is 1.89. The fourth-order valence-electron chi connectivity index (χ4n) is 3.52. The zero-order valence-electron chi connectivity index (χ0n) is 17.9. The summed E-state index contributed by atoms with van der Waals surface area (Å²) in [5.41, 5.74) is 0.806. The monoisotopic (exact) mass is 402 g/mol. The molecular weight excluding hydrogens is 368 g/mol. The summed E-state index contributed by atoms with van der Waals surface area (Å²) < 4.78 is 10.6. The van der Waals surface area contributed by atoms with Gasteiger partial charge in [-0.3, -0.25) is 9.59 Å². The van der Waals surface area contributed by atoms with Crippen molar-refractivity contribution in [1.82, 2.24) is 10.2 Å². The Bertz CT molecular complexity index is 702. The van der Waals surface area contributed by atoms with Gasteiger partial charge >= 0.3 is 0 Å². The summed E-state index contributed by atoms with van der Waals surface area (Å²) in [6.45, 7) is 4.05. The molecule has 160 valence electrons. The van der Waals surface area contributed by atoms with Crippen LogP contribution in [0.2, 0.25) is 0 Å². The van der Waals surface area contributed by atoms with E-state index < -0.39 is 0 Å². The van der Waals surface area contributed by atoms with Crippen molar-refractivity contribution in [1.29, 1.82) is 0 Å². The number of hydrogen-bond donors (Lipinski definition) is 1. The van der Waals surface area contributed by atoms with Gasteiger partial charge in [0.15, 0.2) is 0 Å². The number of nitrogens with zero attached hydrogens (tertiary/aromatic N) is 1. The molecule has 6 heteroatoms. The van der Waals surface area contributed by atoms with Crippen molar-refractivity contribution in [3.05, 3.63) is 29.8 Å². The van der Waals surface area contributed by atoms with E-state index in [1.165, 1.54) is 12.8 Å². The predicted molar refractivity (Wildman–Crippen MR) is 115 cm³/mol. The second kappa shape index (κ2) is 12.1. The second-order valence-electron chi connectivity index (χ2n) is 7.42. The smallest absolute Gasteiger partial charge is 0.246 e. The number of carbonyl (C=O) groups is 2. The minimum atomic E-state index is -0.122. The highest BCUT2D eigenvalue weighted by molar-refractivity contribution is 5.92. The first-order valence-corrected chi connectivity index (χ1v) is 10.6. The van der Waals surface area contributed by atoms with Gasteiger partial charge in [0.2, 0.25) is 11.8 Å². The Labute approximate surface area is 174 Å². The number of unbranched alkanes of at least 4 members (excludes halogenated alkanes) is 3. The van der Waals surface area contributed by atoms with Crippen LogP contribution in [0.4, 0.5) is 0 Å². The van der Waals surface area contributed by atoms with Crippen LogP contribution in [0.25, 0.3) is 6.08 Å². The molecule has 2 rings (SSSR count). The average molecular weight is 403 g/mol. The van der Waals surface area contributed by atoms with Gasteiger partial charge in [-0.05, 0) is 37.5 Å². The number of likely N-dealkylation sites (tertiary alicyclic amines) is 1. The number of carbonyl (C=O) groups excluding carboxylic acids is 2. The molecule has 6 nitrogen and oxygen atoms in total. The summed E-state index contributed by atoms with van der Waals surface area (Å²) >= 11 is 0. The van der Waals surface area contributed by atoms with E-state index in [1.54, 1.807) is 37.3 Å². The Morgan fingerprint density at radius 3 is 2.76 bits per heavy atom. The van der Waals surface area contributed by atoms with Crippen molar-refractivity contribution in [3.8, 4) is 11.5 Å². The molecule has 1 aliphatic rings. The lowest BCUT2D eigenvalue weighted by Gasteiger charge is -2.31. The Hall–Kier alpha value is -2.50. The summed E-state index contributed by atoms with van der Waals surface area (Å²) in [5.74, 6) is 1.21. The van der Waals surface area contributed by atoms with Gasteiger partial charge in [0.05, 0.1) is 20.1 Å². The lowest BCUT2D eigenvalue weighted by Crippen LogP contribution is -2.45. The van der Waals surface area contributed by atoms with E-state index in [-0.39, 0.29) is 17.7 Å². The molecule has 1 fully saturated rings. The van der Waals surface area contributed by atoms with Crippen LogP contribution in [0.15, 0.2) is 24.3 Å². The van der Waals surface area contributed by atoms with Crippen molar-refractivity contribution < 1.29 is 19.1 Å². The van der Waals surface area contributed by atoms with E-state index in [9.17, 15) is 9.59 Å². The van der Waals surface area contributed by atoms with Gasteiger partial charge in [-0.15, -0.1) is 0 Å². The third kappa shape index (κ3) is 7.11. The molecule has 1 aromatic rings. The van der Waals surface area contributed by atoms with Crippen LogP contribution in [0.1, 0.15) is 51.0 Å². The number of benzene rings is 1. The third-order valence-corrected chi connectivity index (χ3v) is 5.28. The van der Waals surface area contributed by atoms with Gasteiger partial charge < -0.3 is 19.7 Å². The van der Waals surface area contributed by atoms with Gasteiger partial charge in [-0.1, -0.05) is 26.2 Å². The highest BCUT2D eigenvalue weighted by Crippen LogP contribution is 2.26. The van der Waals surface area contributed by atoms with Gasteiger partial charge in [0.1, 0.15) is 11.5 Å². The number of ether oxygens (including phenoxy) is 2. The molecule has 0 saturated carbocycles. The summed E-state index contributed by atoms with van der Waals surface area (Å²) in [6.07, 6.45) is 9.52. The molecule has 2 amide bonds. The van der Waals surface area contributed by atoms with Crippen LogP contribution in [0, 0.1) is 5.92 Å². The molecule has 0 aromatic heterocycles. The van der Waals surface area contributed by atoms with Crippen molar-refractivity contribution >= 4 is 17.9 Å². The maximum absolute atomic E-state index is 12.6. The van der Waals surface area contributed by atoms with Crippen LogP contribution >= 0.6 is 0 Å². The highest BCUT2D eigenvalue weighted by Gasteiger charge is 2.27. The summed E-state index contributed by atoms with van der Waals surface area (Å²) in [6, 6.07) is 5.47. The minimum absolute atomic E-state index is 0.0693. The van der Waals surface area contributed by atoms with Crippen LogP contribution in [-0.4, -0.2) is 50.6 Å². The number of piperidine rings is 1. The predicted octanol–water partition coefficient (Wildman–Crippen LogP) is 3.65. The van der Waals surface area contributed by atoms with Crippen molar-refractivity contribution in [2.24, 2.45) is 5.92 Å². The molecule has 0 spiro atoms. The SMILES string of the molecule is CCCCCCNC(=O)C1CCCN(C(=O)/C=C/c2ccc(OC)cc2OC)C1. The molecule has 0 aliphatic carbocycles. The minimum Gasteiger partial charge on any atom is -0.497 e. The standard InChI is InChI=1S/C23H34N2O4/c1-4-5-6-7-14-24-23(27)19-9-8-15-25(17-19)22(26)13-11-18-10-12-20(28-2)16-21(18)29-3/h10-13,16,19H,4-9,14-15,17H2,1-3H3,(H,24,27)/b13-11+. The number of methoxy groups -OCH3 is 2. The number of hydrogen-bond acceptors (Lipinski definition) is 4. The molecule has 0 radical (unpaired) electrons. The third-order valence-electron chi connectivity index (χ3n) is 5.28. The quantitative estimate of drug-likeness (QED) is 0.479. The zero-order chi connectivity index (χ0) is 21.1. The van der Waals surface area contributed by atoms with Crippen LogP contribution in [-0.2, 0) is 9.59 Å². The molecule has 1 aliphatic heterocycles. The van der Waals surface area contributed by atoms with Gasteiger partial charge in [0.25, 0.3) is 0 Å². The molecule has 0 bridgehead atoms. The molecular formula is C23H34N2O4. The molecule has 1 unspecified atom stereocenters. The molecule has 29 heavy (non-hydrogen) atoms. The first-order chi connectivity index (χ1) is 14.1. The van der Waals surface area contributed by atoms with Crippen LogP contribution < -0.4 is 14.8 Å². The van der Waals surface area contributed by atoms with E-state index in [2.05, 4.69) is 12.2 Å². The number of nitrogens with one attached hydrogen (secondary N) is 1. The van der Waals surface area contributed by atoms with E-state index in [0.29, 0.717) is 24.6 Å². The molecule has 1 atom stereocenters. The van der Waals surface area contributed by atoms with Crippen molar-refractivity contribution in [2.75, 3.05) is 33.9 Å². The molecule has 1 saturated heterocycles. The molecule has 1 N–H and O–H groups in total. The van der Waals surface area contributed by atoms with Crippen LogP contribution in [0.5, 0.6) is 11.5 Å². The van der Waals surface area contributed by atoms with Crippen molar-refractivity contribution in [3.63, 3.8) is 0 Å². The van der Waals surface area contributed by atoms with Gasteiger partial charge in [0, 0.05) is 37.3 Å². The van der Waals surface area contributed by atoms with Crippen LogP contribution in [0.3, 0.4) is 0 Å². The second-order valence-corrected chi connectivity index (χ2v) is 7.42. The van der Waals surface area contributed by atoms with E-state index in [0.717, 1.165) is 37.8 Å². The first kappa shape index (κ1) is 22.8. The molecule has 1 heterocycles. The number of rotatable bonds is 10. The van der Waals surface area contributed by atoms with Gasteiger partial charge in [-0.25, -0.2) is 0 Å². The Morgan fingerprint density at radius 1 is 1.21 bits per heavy atom. The maximum atomic E-state index is 12.6.